The molecule has 3 nitrogen and oxygen atoms in total. The van der Waals surface area contributed by atoms with Gasteiger partial charge in [-0.25, -0.2) is 4.39 Å². The molecule has 0 bridgehead atoms. The number of ether oxygens (including phenoxy) is 1. The molecule has 0 aliphatic rings. The molecule has 130 valence electrons. The summed E-state index contributed by atoms with van der Waals surface area (Å²) in [5, 5.41) is 12.5. The van der Waals surface area contributed by atoms with Crippen LogP contribution in [0.3, 0.4) is 0 Å². The lowest BCUT2D eigenvalue weighted by atomic mass is 10.2. The van der Waals surface area contributed by atoms with Crippen LogP contribution in [-0.4, -0.2) is 18.3 Å². The Kier molecular flexibility index (Phi) is 8.02. The van der Waals surface area contributed by atoms with Gasteiger partial charge in [0.2, 0.25) is 0 Å². The standard InChI is InChI=1S/C19H23ClFNO2/c20-17-8-6-9-18(21)16(17)14-24-19-10-3-2-7-15(19)13-22-11-4-1-5-12-23/h2-3,6-10,22-23H,1,4-5,11-14H2. The molecular formula is C19H23ClFNO2. The molecule has 2 N–H and O–H groups in total. The minimum atomic E-state index is -0.359. The summed E-state index contributed by atoms with van der Waals surface area (Å²) in [5.41, 5.74) is 1.39. The molecule has 0 aliphatic heterocycles. The van der Waals surface area contributed by atoms with Gasteiger partial charge in [0.25, 0.3) is 0 Å². The van der Waals surface area contributed by atoms with E-state index in [0.29, 0.717) is 17.1 Å². The summed E-state index contributed by atoms with van der Waals surface area (Å²) in [5.74, 6) is 0.363. The minimum absolute atomic E-state index is 0.0962. The smallest absolute Gasteiger partial charge is 0.131 e. The molecule has 24 heavy (non-hydrogen) atoms. The fourth-order valence-corrected chi connectivity index (χ4v) is 2.59. The van der Waals surface area contributed by atoms with Crippen molar-refractivity contribution in [3.05, 3.63) is 64.4 Å². The molecule has 0 aromatic heterocycles. The molecule has 5 heteroatoms. The SMILES string of the molecule is OCCCCCNCc1ccccc1OCc1c(F)cccc1Cl. The first-order chi connectivity index (χ1) is 11.7. The number of rotatable bonds is 10. The van der Waals surface area contributed by atoms with E-state index in [2.05, 4.69) is 5.32 Å². The van der Waals surface area contributed by atoms with E-state index in [1.54, 1.807) is 12.1 Å². The van der Waals surface area contributed by atoms with Gasteiger partial charge < -0.3 is 15.2 Å². The number of unbranched alkanes of at least 4 members (excludes halogenated alkanes) is 2. The fraction of sp³-hybridized carbons (Fsp3) is 0.368. The van der Waals surface area contributed by atoms with E-state index in [-0.39, 0.29) is 19.0 Å². The number of benzene rings is 2. The van der Waals surface area contributed by atoms with Crippen LogP contribution >= 0.6 is 11.6 Å². The Morgan fingerprint density at radius 3 is 2.67 bits per heavy atom. The van der Waals surface area contributed by atoms with Crippen LogP contribution in [0, 0.1) is 5.82 Å². The van der Waals surface area contributed by atoms with Crippen molar-refractivity contribution >= 4 is 11.6 Å². The zero-order chi connectivity index (χ0) is 17.2. The quantitative estimate of drug-likeness (QED) is 0.627. The van der Waals surface area contributed by atoms with Crippen molar-refractivity contribution in [1.29, 1.82) is 0 Å². The highest BCUT2D eigenvalue weighted by Gasteiger charge is 2.09. The van der Waals surface area contributed by atoms with E-state index < -0.39 is 0 Å². The van der Waals surface area contributed by atoms with Crippen LogP contribution in [-0.2, 0) is 13.2 Å². The largest absolute Gasteiger partial charge is 0.488 e. The van der Waals surface area contributed by atoms with E-state index in [1.807, 2.05) is 24.3 Å². The molecule has 0 amide bonds. The Morgan fingerprint density at radius 2 is 1.88 bits per heavy atom. The minimum Gasteiger partial charge on any atom is -0.488 e. The van der Waals surface area contributed by atoms with Crippen molar-refractivity contribution < 1.29 is 14.2 Å². The monoisotopic (exact) mass is 351 g/mol. The highest BCUT2D eigenvalue weighted by molar-refractivity contribution is 6.31. The molecular weight excluding hydrogens is 329 g/mol. The third-order valence-corrected chi connectivity index (χ3v) is 4.09. The second kappa shape index (κ2) is 10.3. The first-order valence-corrected chi connectivity index (χ1v) is 8.55. The molecule has 0 spiro atoms. The van der Waals surface area contributed by atoms with Gasteiger partial charge in [0.15, 0.2) is 0 Å². The first kappa shape index (κ1) is 18.7. The Bertz CT molecular complexity index is 616. The molecule has 0 radical (unpaired) electrons. The topological polar surface area (TPSA) is 41.5 Å². The predicted molar refractivity (Wildman–Crippen MR) is 94.8 cm³/mol. The lowest BCUT2D eigenvalue weighted by molar-refractivity contribution is 0.282. The van der Waals surface area contributed by atoms with Gasteiger partial charge in [-0.1, -0.05) is 35.9 Å². The maximum absolute atomic E-state index is 13.8. The van der Waals surface area contributed by atoms with Crippen molar-refractivity contribution in [1.82, 2.24) is 5.32 Å². The van der Waals surface area contributed by atoms with Crippen molar-refractivity contribution in [3.8, 4) is 5.75 Å². The summed E-state index contributed by atoms with van der Waals surface area (Å²) in [6.07, 6.45) is 2.87. The van der Waals surface area contributed by atoms with E-state index >= 15 is 0 Å². The summed E-state index contributed by atoms with van der Waals surface area (Å²) in [6.45, 7) is 1.90. The molecule has 2 aromatic rings. The van der Waals surface area contributed by atoms with E-state index in [4.69, 9.17) is 21.4 Å². The maximum Gasteiger partial charge on any atom is 0.131 e. The number of nitrogens with one attached hydrogen (secondary N) is 1. The Hall–Kier alpha value is -1.62. The van der Waals surface area contributed by atoms with Crippen molar-refractivity contribution in [2.75, 3.05) is 13.2 Å². The van der Waals surface area contributed by atoms with Gasteiger partial charge in [-0.2, -0.15) is 0 Å². The average Bonchev–Trinajstić information content (AvgIpc) is 2.58. The normalized spacial score (nSPS) is 10.8. The molecule has 0 saturated carbocycles. The van der Waals surface area contributed by atoms with Crippen molar-refractivity contribution in [2.45, 2.75) is 32.4 Å². The summed E-state index contributed by atoms with van der Waals surface area (Å²) < 4.78 is 19.6. The van der Waals surface area contributed by atoms with E-state index in [9.17, 15) is 4.39 Å². The predicted octanol–water partition coefficient (Wildman–Crippen LogP) is 4.31. The maximum atomic E-state index is 13.8. The van der Waals surface area contributed by atoms with Crippen LogP contribution < -0.4 is 10.1 Å². The Morgan fingerprint density at radius 1 is 1.04 bits per heavy atom. The van der Waals surface area contributed by atoms with Gasteiger partial charge in [0, 0.05) is 24.3 Å². The zero-order valence-corrected chi connectivity index (χ0v) is 14.4. The van der Waals surface area contributed by atoms with Gasteiger partial charge in [-0.3, -0.25) is 0 Å². The van der Waals surface area contributed by atoms with E-state index in [0.717, 1.165) is 37.1 Å². The molecule has 0 heterocycles. The highest BCUT2D eigenvalue weighted by Crippen LogP contribution is 2.23. The van der Waals surface area contributed by atoms with E-state index in [1.165, 1.54) is 6.07 Å². The third kappa shape index (κ3) is 5.78. The van der Waals surface area contributed by atoms with Gasteiger partial charge in [0.1, 0.15) is 18.2 Å². The number of hydrogen-bond donors (Lipinski definition) is 2. The van der Waals surface area contributed by atoms with Crippen LogP contribution in [0.25, 0.3) is 0 Å². The van der Waals surface area contributed by atoms with Gasteiger partial charge in [-0.05, 0) is 44.0 Å². The number of aliphatic hydroxyl groups excluding tert-OH is 1. The van der Waals surface area contributed by atoms with Gasteiger partial charge >= 0.3 is 0 Å². The fourth-order valence-electron chi connectivity index (χ4n) is 2.37. The molecule has 0 atom stereocenters. The summed E-state index contributed by atoms with van der Waals surface area (Å²) >= 11 is 6.03. The number of halogens is 2. The molecule has 0 unspecified atom stereocenters. The van der Waals surface area contributed by atoms with Crippen LogP contribution in [0.2, 0.25) is 5.02 Å². The van der Waals surface area contributed by atoms with Crippen molar-refractivity contribution in [2.24, 2.45) is 0 Å². The number of hydrogen-bond acceptors (Lipinski definition) is 3. The van der Waals surface area contributed by atoms with Crippen LogP contribution in [0.4, 0.5) is 4.39 Å². The molecule has 2 rings (SSSR count). The summed E-state index contributed by atoms with van der Waals surface area (Å²) in [6, 6.07) is 12.3. The van der Waals surface area contributed by atoms with Gasteiger partial charge in [0.05, 0.1) is 5.02 Å². The highest BCUT2D eigenvalue weighted by atomic mass is 35.5. The van der Waals surface area contributed by atoms with Gasteiger partial charge in [-0.15, -0.1) is 0 Å². The number of aliphatic hydroxyl groups is 1. The Labute approximate surface area is 147 Å². The Balaban J connectivity index is 1.89. The second-order valence-corrected chi connectivity index (χ2v) is 5.96. The number of para-hydroxylation sites is 1. The molecule has 0 saturated heterocycles. The van der Waals surface area contributed by atoms with Crippen molar-refractivity contribution in [3.63, 3.8) is 0 Å². The lowest BCUT2D eigenvalue weighted by Crippen LogP contribution is -2.15. The molecule has 0 fully saturated rings. The van der Waals surface area contributed by atoms with Crippen LogP contribution in [0.1, 0.15) is 30.4 Å². The molecule has 0 aliphatic carbocycles. The zero-order valence-electron chi connectivity index (χ0n) is 13.6. The summed E-state index contributed by atoms with van der Waals surface area (Å²) in [7, 11) is 0. The first-order valence-electron chi connectivity index (χ1n) is 8.17. The van der Waals surface area contributed by atoms with Crippen LogP contribution in [0.5, 0.6) is 5.75 Å². The third-order valence-electron chi connectivity index (χ3n) is 3.73. The second-order valence-electron chi connectivity index (χ2n) is 5.56. The van der Waals surface area contributed by atoms with Crippen LogP contribution in [0.15, 0.2) is 42.5 Å². The average molecular weight is 352 g/mol. The lowest BCUT2D eigenvalue weighted by Gasteiger charge is -2.13. The summed E-state index contributed by atoms with van der Waals surface area (Å²) in [4.78, 5) is 0. The molecule has 2 aromatic carbocycles.